The van der Waals surface area contributed by atoms with Crippen LogP contribution in [-0.4, -0.2) is 40.3 Å². The van der Waals surface area contributed by atoms with Crippen LogP contribution in [0.15, 0.2) is 18.3 Å². The van der Waals surface area contributed by atoms with E-state index in [2.05, 4.69) is 48.2 Å². The smallest absolute Gasteiger partial charge is 0.148 e. The molecule has 1 aromatic heterocycles. The highest BCUT2D eigenvalue weighted by Gasteiger charge is 2.39. The van der Waals surface area contributed by atoms with E-state index in [4.69, 9.17) is 0 Å². The van der Waals surface area contributed by atoms with Gasteiger partial charge in [-0.15, -0.1) is 5.10 Å². The Morgan fingerprint density at radius 1 is 1.47 bits per heavy atom. The van der Waals surface area contributed by atoms with E-state index in [1.807, 2.05) is 12.1 Å². The number of piperidine rings is 1. The Morgan fingerprint density at radius 2 is 2.24 bits per heavy atom. The normalized spacial score (nSPS) is 28.9. The average molecular weight is 234 g/mol. The Labute approximate surface area is 103 Å². The Bertz CT molecular complexity index is 363. The summed E-state index contributed by atoms with van der Waals surface area (Å²) in [6.07, 6.45) is 2.85. The van der Waals surface area contributed by atoms with Gasteiger partial charge in [-0.05, 0) is 45.4 Å². The zero-order valence-corrected chi connectivity index (χ0v) is 11.1. The standard InChI is InChI=1S/C13H22N4/c1-10-11(7-9-17(4)13(10,2)3)15-12-6-5-8-14-16-12/h5-6,8,10-11H,7,9H2,1-4H3,(H,15,16). The molecular weight excluding hydrogens is 212 g/mol. The highest BCUT2D eigenvalue weighted by atomic mass is 15.2. The molecule has 2 unspecified atom stereocenters. The minimum Gasteiger partial charge on any atom is -0.365 e. The number of rotatable bonds is 2. The van der Waals surface area contributed by atoms with E-state index in [9.17, 15) is 0 Å². The van der Waals surface area contributed by atoms with Crippen LogP contribution < -0.4 is 5.32 Å². The molecule has 2 heterocycles. The second kappa shape index (κ2) is 4.61. The predicted octanol–water partition coefficient (Wildman–Crippen LogP) is 2.01. The van der Waals surface area contributed by atoms with Crippen molar-refractivity contribution in [3.63, 3.8) is 0 Å². The number of nitrogens with zero attached hydrogens (tertiary/aromatic N) is 3. The van der Waals surface area contributed by atoms with Gasteiger partial charge in [-0.3, -0.25) is 0 Å². The van der Waals surface area contributed by atoms with E-state index >= 15 is 0 Å². The fraction of sp³-hybridized carbons (Fsp3) is 0.692. The number of nitrogens with one attached hydrogen (secondary N) is 1. The van der Waals surface area contributed by atoms with E-state index in [1.54, 1.807) is 6.20 Å². The van der Waals surface area contributed by atoms with Gasteiger partial charge in [0.1, 0.15) is 5.82 Å². The van der Waals surface area contributed by atoms with E-state index in [0.29, 0.717) is 12.0 Å². The Kier molecular flexibility index (Phi) is 3.33. The largest absolute Gasteiger partial charge is 0.365 e. The van der Waals surface area contributed by atoms with Crippen LogP contribution in [0.4, 0.5) is 5.82 Å². The Balaban J connectivity index is 2.08. The van der Waals surface area contributed by atoms with Gasteiger partial charge in [-0.1, -0.05) is 6.92 Å². The molecule has 1 aliphatic rings. The monoisotopic (exact) mass is 234 g/mol. The molecule has 2 rings (SSSR count). The molecule has 0 spiro atoms. The first kappa shape index (κ1) is 12.3. The summed E-state index contributed by atoms with van der Waals surface area (Å²) in [6.45, 7) is 8.04. The quantitative estimate of drug-likeness (QED) is 0.850. The van der Waals surface area contributed by atoms with Crippen LogP contribution >= 0.6 is 0 Å². The molecule has 94 valence electrons. The molecule has 0 amide bonds. The summed E-state index contributed by atoms with van der Waals surface area (Å²) in [7, 11) is 2.20. The molecule has 1 N–H and O–H groups in total. The first-order chi connectivity index (χ1) is 8.01. The van der Waals surface area contributed by atoms with Crippen LogP contribution in [-0.2, 0) is 0 Å². The summed E-state index contributed by atoms with van der Waals surface area (Å²) in [5.41, 5.74) is 0.220. The second-order valence-corrected chi connectivity index (χ2v) is 5.51. The fourth-order valence-electron chi connectivity index (χ4n) is 2.48. The lowest BCUT2D eigenvalue weighted by atomic mass is 9.77. The lowest BCUT2D eigenvalue weighted by Gasteiger charge is -2.49. The van der Waals surface area contributed by atoms with E-state index in [1.165, 1.54) is 0 Å². The lowest BCUT2D eigenvalue weighted by Crippen LogP contribution is -2.57. The number of aromatic nitrogens is 2. The first-order valence-corrected chi connectivity index (χ1v) is 6.27. The molecule has 0 bridgehead atoms. The maximum Gasteiger partial charge on any atom is 0.148 e. The summed E-state index contributed by atoms with van der Waals surface area (Å²) in [5.74, 6) is 1.45. The van der Waals surface area contributed by atoms with Crippen molar-refractivity contribution >= 4 is 5.82 Å². The van der Waals surface area contributed by atoms with Crippen LogP contribution in [0.1, 0.15) is 27.2 Å². The van der Waals surface area contributed by atoms with Crippen molar-refractivity contribution in [2.45, 2.75) is 38.8 Å². The molecule has 2 atom stereocenters. The zero-order chi connectivity index (χ0) is 12.5. The number of anilines is 1. The van der Waals surface area contributed by atoms with Gasteiger partial charge in [0.15, 0.2) is 0 Å². The van der Waals surface area contributed by atoms with Crippen molar-refractivity contribution in [1.82, 2.24) is 15.1 Å². The van der Waals surface area contributed by atoms with Gasteiger partial charge in [0.25, 0.3) is 0 Å². The number of hydrogen-bond donors (Lipinski definition) is 1. The van der Waals surface area contributed by atoms with E-state index in [0.717, 1.165) is 18.8 Å². The molecule has 0 aromatic carbocycles. The first-order valence-electron chi connectivity index (χ1n) is 6.27. The predicted molar refractivity (Wildman–Crippen MR) is 69.9 cm³/mol. The van der Waals surface area contributed by atoms with E-state index in [-0.39, 0.29) is 5.54 Å². The molecule has 4 heteroatoms. The molecule has 1 fully saturated rings. The number of likely N-dealkylation sites (tertiary alicyclic amines) is 1. The van der Waals surface area contributed by atoms with Crippen molar-refractivity contribution in [2.24, 2.45) is 5.92 Å². The summed E-state index contributed by atoms with van der Waals surface area (Å²) in [4.78, 5) is 2.44. The van der Waals surface area contributed by atoms with E-state index < -0.39 is 0 Å². The SMILES string of the molecule is CC1C(Nc2cccnn2)CCN(C)C1(C)C. The van der Waals surface area contributed by atoms with Crippen LogP contribution in [0.3, 0.4) is 0 Å². The third-order valence-electron chi connectivity index (χ3n) is 4.38. The highest BCUT2D eigenvalue weighted by molar-refractivity contribution is 5.33. The van der Waals surface area contributed by atoms with Gasteiger partial charge in [0, 0.05) is 24.3 Å². The van der Waals surface area contributed by atoms with Gasteiger partial charge in [-0.2, -0.15) is 5.10 Å². The van der Waals surface area contributed by atoms with Crippen LogP contribution in [0.5, 0.6) is 0 Å². The molecule has 4 nitrogen and oxygen atoms in total. The minimum atomic E-state index is 0.220. The van der Waals surface area contributed by atoms with Crippen LogP contribution in [0.2, 0.25) is 0 Å². The molecule has 0 saturated carbocycles. The summed E-state index contributed by atoms with van der Waals surface area (Å²) >= 11 is 0. The molecule has 1 aliphatic heterocycles. The highest BCUT2D eigenvalue weighted by Crippen LogP contribution is 2.33. The van der Waals surface area contributed by atoms with Crippen molar-refractivity contribution in [3.8, 4) is 0 Å². The van der Waals surface area contributed by atoms with Crippen LogP contribution in [0.25, 0.3) is 0 Å². The molecule has 17 heavy (non-hydrogen) atoms. The summed E-state index contributed by atoms with van der Waals surface area (Å²) in [6, 6.07) is 4.36. The summed E-state index contributed by atoms with van der Waals surface area (Å²) in [5, 5.41) is 11.5. The van der Waals surface area contributed by atoms with Gasteiger partial charge in [-0.25, -0.2) is 0 Å². The van der Waals surface area contributed by atoms with Gasteiger partial charge in [0.2, 0.25) is 0 Å². The van der Waals surface area contributed by atoms with Gasteiger partial charge >= 0.3 is 0 Å². The number of hydrogen-bond acceptors (Lipinski definition) is 4. The molecule has 0 aliphatic carbocycles. The maximum atomic E-state index is 4.10. The molecule has 1 aromatic rings. The lowest BCUT2D eigenvalue weighted by molar-refractivity contribution is 0.0458. The van der Waals surface area contributed by atoms with Crippen molar-refractivity contribution in [2.75, 3.05) is 18.9 Å². The molecular formula is C13H22N4. The average Bonchev–Trinajstić information content (AvgIpc) is 2.32. The van der Waals surface area contributed by atoms with Crippen LogP contribution in [0, 0.1) is 5.92 Å². The molecule has 0 radical (unpaired) electrons. The van der Waals surface area contributed by atoms with Crippen molar-refractivity contribution < 1.29 is 0 Å². The third kappa shape index (κ3) is 2.41. The Morgan fingerprint density at radius 3 is 2.88 bits per heavy atom. The fourth-order valence-corrected chi connectivity index (χ4v) is 2.48. The van der Waals surface area contributed by atoms with Crippen molar-refractivity contribution in [1.29, 1.82) is 0 Å². The second-order valence-electron chi connectivity index (χ2n) is 5.51. The molecule has 1 saturated heterocycles. The van der Waals surface area contributed by atoms with Gasteiger partial charge < -0.3 is 10.2 Å². The Hall–Kier alpha value is -1.16. The zero-order valence-electron chi connectivity index (χ0n) is 11.1. The summed E-state index contributed by atoms with van der Waals surface area (Å²) < 4.78 is 0. The van der Waals surface area contributed by atoms with Gasteiger partial charge in [0.05, 0.1) is 0 Å². The maximum absolute atomic E-state index is 4.10. The van der Waals surface area contributed by atoms with Crippen molar-refractivity contribution in [3.05, 3.63) is 18.3 Å². The topological polar surface area (TPSA) is 41.1 Å². The minimum absolute atomic E-state index is 0.220. The third-order valence-corrected chi connectivity index (χ3v) is 4.38.